The van der Waals surface area contributed by atoms with E-state index in [4.69, 9.17) is 4.74 Å². The van der Waals surface area contributed by atoms with E-state index >= 15 is 0 Å². The smallest absolute Gasteiger partial charge is 0.272 e. The first-order chi connectivity index (χ1) is 13.0. The number of aromatic nitrogens is 1. The number of carbonyl (C=O) groups excluding carboxylic acids is 1. The molecule has 4 rings (SSSR count). The molecule has 1 saturated heterocycles. The minimum atomic E-state index is -0.803. The SMILES string of the molecule is Cc1cc2[nH]c(C(=O)Nc3c(F)cccc3F)c(CN3CCOCC3)c2s1. The number of nitrogens with one attached hydrogen (secondary N) is 2. The van der Waals surface area contributed by atoms with E-state index in [0.717, 1.165) is 45.9 Å². The Morgan fingerprint density at radius 3 is 2.70 bits per heavy atom. The van der Waals surface area contributed by atoms with Gasteiger partial charge in [-0.1, -0.05) is 6.07 Å². The molecular formula is C19H19F2N3O2S. The van der Waals surface area contributed by atoms with Gasteiger partial charge in [0.15, 0.2) is 0 Å². The number of aromatic amines is 1. The predicted octanol–water partition coefficient (Wildman–Crippen LogP) is 3.90. The first-order valence-electron chi connectivity index (χ1n) is 8.69. The van der Waals surface area contributed by atoms with Crippen molar-refractivity contribution in [1.82, 2.24) is 9.88 Å². The van der Waals surface area contributed by atoms with Crippen LogP contribution in [0.4, 0.5) is 14.5 Å². The number of morpholine rings is 1. The molecule has 27 heavy (non-hydrogen) atoms. The lowest BCUT2D eigenvalue weighted by Crippen LogP contribution is -2.36. The van der Waals surface area contributed by atoms with Crippen molar-refractivity contribution in [3.63, 3.8) is 0 Å². The average molecular weight is 391 g/mol. The Morgan fingerprint density at radius 2 is 2.00 bits per heavy atom. The summed E-state index contributed by atoms with van der Waals surface area (Å²) in [6.07, 6.45) is 0. The van der Waals surface area contributed by atoms with E-state index in [1.807, 2.05) is 13.0 Å². The van der Waals surface area contributed by atoms with Gasteiger partial charge in [0.25, 0.3) is 5.91 Å². The number of halogens is 2. The van der Waals surface area contributed by atoms with Crippen LogP contribution in [0.1, 0.15) is 20.9 Å². The van der Waals surface area contributed by atoms with Crippen molar-refractivity contribution in [1.29, 1.82) is 0 Å². The molecule has 2 aromatic heterocycles. The highest BCUT2D eigenvalue weighted by molar-refractivity contribution is 7.19. The molecule has 142 valence electrons. The van der Waals surface area contributed by atoms with Crippen molar-refractivity contribution < 1.29 is 18.3 Å². The molecule has 3 heterocycles. The minimum Gasteiger partial charge on any atom is -0.379 e. The Bertz CT molecular complexity index is 972. The molecule has 1 aromatic carbocycles. The molecule has 0 radical (unpaired) electrons. The summed E-state index contributed by atoms with van der Waals surface area (Å²) in [6, 6.07) is 5.47. The van der Waals surface area contributed by atoms with Gasteiger partial charge in [0, 0.05) is 30.1 Å². The number of rotatable bonds is 4. The Labute approximate surface area is 158 Å². The van der Waals surface area contributed by atoms with Crippen LogP contribution in [0.2, 0.25) is 0 Å². The van der Waals surface area contributed by atoms with Crippen molar-refractivity contribution in [3.05, 3.63) is 52.0 Å². The number of H-pyrrole nitrogens is 1. The summed E-state index contributed by atoms with van der Waals surface area (Å²) in [4.78, 5) is 19.3. The van der Waals surface area contributed by atoms with Crippen LogP contribution in [0.25, 0.3) is 10.2 Å². The van der Waals surface area contributed by atoms with Crippen molar-refractivity contribution in [3.8, 4) is 0 Å². The van der Waals surface area contributed by atoms with E-state index in [1.165, 1.54) is 6.07 Å². The lowest BCUT2D eigenvalue weighted by molar-refractivity contribution is 0.0343. The fraction of sp³-hybridized carbons (Fsp3) is 0.316. The number of hydrogen-bond acceptors (Lipinski definition) is 4. The monoisotopic (exact) mass is 391 g/mol. The third-order valence-corrected chi connectivity index (χ3v) is 5.71. The molecule has 3 aromatic rings. The van der Waals surface area contributed by atoms with E-state index in [2.05, 4.69) is 15.2 Å². The quantitative estimate of drug-likeness (QED) is 0.709. The number of anilines is 1. The fourth-order valence-corrected chi connectivity index (χ4v) is 4.28. The second-order valence-electron chi connectivity index (χ2n) is 6.52. The normalized spacial score (nSPS) is 15.4. The number of para-hydroxylation sites is 1. The average Bonchev–Trinajstić information content (AvgIpc) is 3.16. The minimum absolute atomic E-state index is 0.338. The van der Waals surface area contributed by atoms with Gasteiger partial charge in [-0.2, -0.15) is 0 Å². The molecule has 8 heteroatoms. The number of nitrogens with zero attached hydrogens (tertiary/aromatic N) is 1. The van der Waals surface area contributed by atoms with Gasteiger partial charge in [-0.3, -0.25) is 9.69 Å². The van der Waals surface area contributed by atoms with E-state index in [-0.39, 0.29) is 0 Å². The number of carbonyl (C=O) groups is 1. The Hall–Kier alpha value is -2.29. The summed E-state index contributed by atoms with van der Waals surface area (Å²) in [5.74, 6) is -2.16. The van der Waals surface area contributed by atoms with Crippen molar-refractivity contribution in [2.45, 2.75) is 13.5 Å². The third-order valence-electron chi connectivity index (χ3n) is 4.60. The number of aryl methyl sites for hydroxylation is 1. The van der Waals surface area contributed by atoms with Gasteiger partial charge in [-0.15, -0.1) is 11.3 Å². The molecule has 2 N–H and O–H groups in total. The van der Waals surface area contributed by atoms with Gasteiger partial charge < -0.3 is 15.0 Å². The van der Waals surface area contributed by atoms with Crippen LogP contribution in [0.5, 0.6) is 0 Å². The Morgan fingerprint density at radius 1 is 1.30 bits per heavy atom. The first kappa shape index (κ1) is 18.1. The van der Waals surface area contributed by atoms with Gasteiger partial charge in [0.05, 0.1) is 23.4 Å². The summed E-state index contributed by atoms with van der Waals surface area (Å²) in [6.45, 7) is 5.44. The predicted molar refractivity (Wildman–Crippen MR) is 101 cm³/mol. The van der Waals surface area contributed by atoms with Gasteiger partial charge >= 0.3 is 0 Å². The topological polar surface area (TPSA) is 57.4 Å². The van der Waals surface area contributed by atoms with E-state index in [0.29, 0.717) is 25.5 Å². The van der Waals surface area contributed by atoms with Gasteiger partial charge in [-0.05, 0) is 25.1 Å². The zero-order chi connectivity index (χ0) is 19.0. The molecule has 0 bridgehead atoms. The standard InChI is InChI=1S/C19H19F2N3O2S/c1-11-9-15-18(27-11)12(10-24-5-7-26-8-6-24)16(22-15)19(25)23-17-13(20)3-2-4-14(17)21/h2-4,9,22H,5-8,10H2,1H3,(H,23,25). The van der Waals surface area contributed by atoms with Crippen molar-refractivity contribution in [2.75, 3.05) is 31.6 Å². The molecular weight excluding hydrogens is 372 g/mol. The van der Waals surface area contributed by atoms with Crippen LogP contribution < -0.4 is 5.32 Å². The number of fused-ring (bicyclic) bond motifs is 1. The highest BCUT2D eigenvalue weighted by Gasteiger charge is 2.24. The van der Waals surface area contributed by atoms with Crippen LogP contribution >= 0.6 is 11.3 Å². The lowest BCUT2D eigenvalue weighted by atomic mass is 10.2. The van der Waals surface area contributed by atoms with E-state index < -0.39 is 23.2 Å². The first-order valence-corrected chi connectivity index (χ1v) is 9.51. The van der Waals surface area contributed by atoms with Crippen LogP contribution in [0, 0.1) is 18.6 Å². The van der Waals surface area contributed by atoms with E-state index in [1.54, 1.807) is 11.3 Å². The largest absolute Gasteiger partial charge is 0.379 e. The third kappa shape index (κ3) is 3.60. The molecule has 0 aliphatic carbocycles. The number of amides is 1. The fourth-order valence-electron chi connectivity index (χ4n) is 3.28. The maximum Gasteiger partial charge on any atom is 0.272 e. The highest BCUT2D eigenvalue weighted by Crippen LogP contribution is 2.32. The second kappa shape index (κ2) is 7.38. The summed E-state index contributed by atoms with van der Waals surface area (Å²) in [5.41, 5.74) is 1.61. The molecule has 0 unspecified atom stereocenters. The van der Waals surface area contributed by atoms with Gasteiger partial charge in [-0.25, -0.2) is 8.78 Å². The molecule has 1 fully saturated rings. The molecule has 0 atom stereocenters. The number of benzene rings is 1. The zero-order valence-electron chi connectivity index (χ0n) is 14.8. The Balaban J connectivity index is 1.68. The molecule has 5 nitrogen and oxygen atoms in total. The summed E-state index contributed by atoms with van der Waals surface area (Å²) in [5, 5.41) is 2.38. The number of thiophene rings is 1. The maximum absolute atomic E-state index is 13.9. The van der Waals surface area contributed by atoms with Crippen LogP contribution in [0.15, 0.2) is 24.3 Å². The highest BCUT2D eigenvalue weighted by atomic mass is 32.1. The number of ether oxygens (including phenoxy) is 1. The molecule has 0 saturated carbocycles. The maximum atomic E-state index is 13.9. The van der Waals surface area contributed by atoms with E-state index in [9.17, 15) is 13.6 Å². The molecule has 1 amide bonds. The second-order valence-corrected chi connectivity index (χ2v) is 7.77. The zero-order valence-corrected chi connectivity index (χ0v) is 15.6. The summed E-state index contributed by atoms with van der Waals surface area (Å²) in [7, 11) is 0. The lowest BCUT2D eigenvalue weighted by Gasteiger charge is -2.26. The van der Waals surface area contributed by atoms with Crippen LogP contribution in [-0.2, 0) is 11.3 Å². The number of hydrogen-bond donors (Lipinski definition) is 2. The Kier molecular flexibility index (Phi) is 4.94. The van der Waals surface area contributed by atoms with Gasteiger partial charge in [0.1, 0.15) is 23.0 Å². The molecule has 1 aliphatic heterocycles. The molecule has 1 aliphatic rings. The summed E-state index contributed by atoms with van der Waals surface area (Å²) < 4.78 is 34.2. The van der Waals surface area contributed by atoms with Gasteiger partial charge in [0.2, 0.25) is 0 Å². The van der Waals surface area contributed by atoms with Crippen molar-refractivity contribution in [2.24, 2.45) is 0 Å². The van der Waals surface area contributed by atoms with Crippen molar-refractivity contribution >= 4 is 33.1 Å². The molecule has 0 spiro atoms. The summed E-state index contributed by atoms with van der Waals surface area (Å²) >= 11 is 1.60. The van der Waals surface area contributed by atoms with Crippen LogP contribution in [0.3, 0.4) is 0 Å². The van der Waals surface area contributed by atoms with Crippen LogP contribution in [-0.4, -0.2) is 42.1 Å².